The minimum absolute atomic E-state index is 0.00648. The standard InChI is InChI=1S/C14H16N2O/c1-4-8-16(5-2)14-9-12(10-15)6-7-13(14)11(3)17/h4,6-7,9H,1,5,8H2,2-3H3. The van der Waals surface area contributed by atoms with Crippen molar-refractivity contribution in [1.82, 2.24) is 0 Å². The molecule has 0 bridgehead atoms. The summed E-state index contributed by atoms with van der Waals surface area (Å²) in [6, 6.07) is 7.22. The van der Waals surface area contributed by atoms with E-state index in [1.54, 1.807) is 24.3 Å². The van der Waals surface area contributed by atoms with Crippen LogP contribution in [0.15, 0.2) is 30.9 Å². The zero-order valence-electron chi connectivity index (χ0n) is 10.2. The Morgan fingerprint density at radius 1 is 1.59 bits per heavy atom. The molecule has 0 N–H and O–H groups in total. The highest BCUT2D eigenvalue weighted by Crippen LogP contribution is 2.22. The van der Waals surface area contributed by atoms with Gasteiger partial charge in [-0.1, -0.05) is 6.08 Å². The Bertz CT molecular complexity index is 472. The van der Waals surface area contributed by atoms with E-state index in [9.17, 15) is 4.79 Å². The summed E-state index contributed by atoms with van der Waals surface area (Å²) in [6.45, 7) is 8.66. The SMILES string of the molecule is C=CCN(CC)c1cc(C#N)ccc1C(C)=O. The van der Waals surface area contributed by atoms with Crippen LogP contribution in [0.2, 0.25) is 0 Å². The minimum Gasteiger partial charge on any atom is -0.367 e. The van der Waals surface area contributed by atoms with Crippen molar-refractivity contribution in [2.45, 2.75) is 13.8 Å². The summed E-state index contributed by atoms with van der Waals surface area (Å²) in [5.41, 5.74) is 2.01. The maximum Gasteiger partial charge on any atom is 0.161 e. The highest BCUT2D eigenvalue weighted by atomic mass is 16.1. The van der Waals surface area contributed by atoms with E-state index in [1.165, 1.54) is 6.92 Å². The minimum atomic E-state index is 0.00648. The fourth-order valence-corrected chi connectivity index (χ4v) is 1.71. The molecule has 17 heavy (non-hydrogen) atoms. The Hall–Kier alpha value is -2.08. The monoisotopic (exact) mass is 228 g/mol. The molecule has 0 aliphatic carbocycles. The second-order valence-corrected chi connectivity index (χ2v) is 3.73. The number of nitriles is 1. The van der Waals surface area contributed by atoms with Crippen LogP contribution in [0.1, 0.15) is 29.8 Å². The Kier molecular flexibility index (Phi) is 4.47. The summed E-state index contributed by atoms with van der Waals surface area (Å²) in [6.07, 6.45) is 1.78. The van der Waals surface area contributed by atoms with Crippen LogP contribution in [-0.2, 0) is 0 Å². The predicted octanol–water partition coefficient (Wildman–Crippen LogP) is 2.77. The topological polar surface area (TPSA) is 44.1 Å². The van der Waals surface area contributed by atoms with Gasteiger partial charge in [0.25, 0.3) is 0 Å². The van der Waals surface area contributed by atoms with Gasteiger partial charge in [-0.05, 0) is 32.0 Å². The van der Waals surface area contributed by atoms with E-state index in [-0.39, 0.29) is 5.78 Å². The number of nitrogens with zero attached hydrogens (tertiary/aromatic N) is 2. The molecule has 0 amide bonds. The number of hydrogen-bond donors (Lipinski definition) is 0. The Morgan fingerprint density at radius 3 is 2.76 bits per heavy atom. The largest absolute Gasteiger partial charge is 0.367 e. The van der Waals surface area contributed by atoms with Crippen LogP contribution in [0, 0.1) is 11.3 Å². The molecule has 3 heteroatoms. The lowest BCUT2D eigenvalue weighted by Gasteiger charge is -2.23. The second-order valence-electron chi connectivity index (χ2n) is 3.73. The first-order valence-electron chi connectivity index (χ1n) is 5.55. The summed E-state index contributed by atoms with van der Waals surface area (Å²) >= 11 is 0. The molecule has 0 saturated heterocycles. The fourth-order valence-electron chi connectivity index (χ4n) is 1.71. The molecule has 0 aliphatic heterocycles. The Labute approximate surface area is 102 Å². The zero-order chi connectivity index (χ0) is 12.8. The van der Waals surface area contributed by atoms with Crippen molar-refractivity contribution in [3.63, 3.8) is 0 Å². The second kappa shape index (κ2) is 5.86. The van der Waals surface area contributed by atoms with Crippen LogP contribution in [0.4, 0.5) is 5.69 Å². The number of Topliss-reactive ketones (excluding diaryl/α,β-unsaturated/α-hetero) is 1. The number of rotatable bonds is 5. The Morgan fingerprint density at radius 2 is 2.29 bits per heavy atom. The molecule has 88 valence electrons. The summed E-state index contributed by atoms with van der Waals surface area (Å²) < 4.78 is 0. The van der Waals surface area contributed by atoms with Crippen molar-refractivity contribution in [1.29, 1.82) is 5.26 Å². The van der Waals surface area contributed by atoms with Crippen molar-refractivity contribution in [3.05, 3.63) is 42.0 Å². The van der Waals surface area contributed by atoms with Gasteiger partial charge in [-0.25, -0.2) is 0 Å². The van der Waals surface area contributed by atoms with Crippen molar-refractivity contribution < 1.29 is 4.79 Å². The highest BCUT2D eigenvalue weighted by Gasteiger charge is 2.12. The first-order chi connectivity index (χ1) is 8.13. The van der Waals surface area contributed by atoms with Gasteiger partial charge in [0.1, 0.15) is 0 Å². The van der Waals surface area contributed by atoms with E-state index in [2.05, 4.69) is 12.6 Å². The third kappa shape index (κ3) is 2.94. The number of carbonyl (C=O) groups excluding carboxylic acids is 1. The number of carbonyl (C=O) groups is 1. The molecule has 1 aromatic carbocycles. The summed E-state index contributed by atoms with van der Waals surface area (Å²) in [4.78, 5) is 13.6. The maximum atomic E-state index is 11.6. The molecular formula is C14H16N2O. The lowest BCUT2D eigenvalue weighted by molar-refractivity contribution is 0.101. The van der Waals surface area contributed by atoms with Gasteiger partial charge in [-0.2, -0.15) is 5.26 Å². The van der Waals surface area contributed by atoms with Crippen LogP contribution >= 0.6 is 0 Å². The normalized spacial score (nSPS) is 9.47. The third-order valence-electron chi connectivity index (χ3n) is 2.58. The van der Waals surface area contributed by atoms with Crippen LogP contribution in [0.25, 0.3) is 0 Å². The zero-order valence-corrected chi connectivity index (χ0v) is 10.2. The number of likely N-dealkylation sites (N-methyl/N-ethyl adjacent to an activating group) is 1. The number of anilines is 1. The average molecular weight is 228 g/mol. The molecule has 0 saturated carbocycles. The molecule has 0 spiro atoms. The van der Waals surface area contributed by atoms with Crippen LogP contribution in [0.5, 0.6) is 0 Å². The van der Waals surface area contributed by atoms with E-state index in [0.717, 1.165) is 12.2 Å². The van der Waals surface area contributed by atoms with Gasteiger partial charge in [-0.15, -0.1) is 6.58 Å². The van der Waals surface area contributed by atoms with E-state index in [4.69, 9.17) is 5.26 Å². The molecule has 0 aliphatic rings. The first kappa shape index (κ1) is 13.0. The molecular weight excluding hydrogens is 212 g/mol. The summed E-state index contributed by atoms with van der Waals surface area (Å²) in [7, 11) is 0. The fraction of sp³-hybridized carbons (Fsp3) is 0.286. The quantitative estimate of drug-likeness (QED) is 0.575. The van der Waals surface area contributed by atoms with Gasteiger partial charge < -0.3 is 4.90 Å². The average Bonchev–Trinajstić information content (AvgIpc) is 2.35. The predicted molar refractivity (Wildman–Crippen MR) is 69.2 cm³/mol. The van der Waals surface area contributed by atoms with Crippen molar-refractivity contribution in [3.8, 4) is 6.07 Å². The van der Waals surface area contributed by atoms with Gasteiger partial charge in [-0.3, -0.25) is 4.79 Å². The Balaban J connectivity index is 3.30. The molecule has 0 aromatic heterocycles. The molecule has 1 rings (SSSR count). The van der Waals surface area contributed by atoms with Crippen molar-refractivity contribution in [2.75, 3.05) is 18.0 Å². The number of hydrogen-bond acceptors (Lipinski definition) is 3. The maximum absolute atomic E-state index is 11.6. The van der Waals surface area contributed by atoms with E-state index in [1.807, 2.05) is 11.8 Å². The van der Waals surface area contributed by atoms with E-state index >= 15 is 0 Å². The molecule has 0 heterocycles. The summed E-state index contributed by atoms with van der Waals surface area (Å²) in [5.74, 6) is 0.00648. The van der Waals surface area contributed by atoms with Gasteiger partial charge in [0.15, 0.2) is 5.78 Å². The van der Waals surface area contributed by atoms with E-state index in [0.29, 0.717) is 17.7 Å². The van der Waals surface area contributed by atoms with Gasteiger partial charge in [0.2, 0.25) is 0 Å². The lowest BCUT2D eigenvalue weighted by Crippen LogP contribution is -2.24. The smallest absolute Gasteiger partial charge is 0.161 e. The highest BCUT2D eigenvalue weighted by molar-refractivity contribution is 6.00. The third-order valence-corrected chi connectivity index (χ3v) is 2.58. The summed E-state index contributed by atoms with van der Waals surface area (Å²) in [5, 5.41) is 8.90. The van der Waals surface area contributed by atoms with Crippen LogP contribution in [-0.4, -0.2) is 18.9 Å². The molecule has 1 aromatic rings. The van der Waals surface area contributed by atoms with Gasteiger partial charge in [0, 0.05) is 24.3 Å². The number of ketones is 1. The van der Waals surface area contributed by atoms with Gasteiger partial charge in [0.05, 0.1) is 11.6 Å². The van der Waals surface area contributed by atoms with Crippen molar-refractivity contribution in [2.24, 2.45) is 0 Å². The van der Waals surface area contributed by atoms with Crippen LogP contribution in [0.3, 0.4) is 0 Å². The first-order valence-corrected chi connectivity index (χ1v) is 5.55. The molecule has 0 radical (unpaired) electrons. The van der Waals surface area contributed by atoms with E-state index < -0.39 is 0 Å². The number of benzene rings is 1. The molecule has 0 fully saturated rings. The molecule has 0 atom stereocenters. The van der Waals surface area contributed by atoms with Crippen molar-refractivity contribution >= 4 is 11.5 Å². The van der Waals surface area contributed by atoms with Gasteiger partial charge >= 0.3 is 0 Å². The van der Waals surface area contributed by atoms with Crippen LogP contribution < -0.4 is 4.90 Å². The lowest BCUT2D eigenvalue weighted by atomic mass is 10.1. The molecule has 0 unspecified atom stereocenters. The molecule has 3 nitrogen and oxygen atoms in total.